The Labute approximate surface area is 142 Å². The Hall–Kier alpha value is -2.37. The van der Waals surface area contributed by atoms with Gasteiger partial charge in [-0.05, 0) is 50.5 Å². The van der Waals surface area contributed by atoms with E-state index in [-0.39, 0.29) is 17.7 Å². The first kappa shape index (κ1) is 18.0. The summed E-state index contributed by atoms with van der Waals surface area (Å²) in [6, 6.07) is 6.33. The van der Waals surface area contributed by atoms with E-state index in [0.717, 1.165) is 31.5 Å². The van der Waals surface area contributed by atoms with Crippen molar-refractivity contribution in [3.05, 3.63) is 29.8 Å². The Kier molecular flexibility index (Phi) is 6.35. The van der Waals surface area contributed by atoms with Gasteiger partial charge in [0.15, 0.2) is 0 Å². The number of nitrogens with one attached hydrogen (secondary N) is 2. The molecule has 0 spiro atoms. The lowest BCUT2D eigenvalue weighted by atomic mass is 10.1. The molecule has 6 nitrogen and oxygen atoms in total. The first-order chi connectivity index (χ1) is 11.5. The van der Waals surface area contributed by atoms with Gasteiger partial charge in [0, 0.05) is 30.8 Å². The lowest BCUT2D eigenvalue weighted by Gasteiger charge is -2.26. The summed E-state index contributed by atoms with van der Waals surface area (Å²) in [7, 11) is 0. The molecule has 0 bridgehead atoms. The van der Waals surface area contributed by atoms with E-state index in [4.69, 9.17) is 0 Å². The molecule has 1 heterocycles. The molecule has 2 rings (SSSR count). The quantitative estimate of drug-likeness (QED) is 0.835. The van der Waals surface area contributed by atoms with Crippen molar-refractivity contribution in [3.63, 3.8) is 0 Å². The third kappa shape index (κ3) is 4.57. The molecule has 1 atom stereocenters. The number of anilines is 1. The zero-order valence-corrected chi connectivity index (χ0v) is 14.3. The Morgan fingerprint density at radius 2 is 1.92 bits per heavy atom. The smallest absolute Gasteiger partial charge is 0.251 e. The van der Waals surface area contributed by atoms with Crippen molar-refractivity contribution in [1.29, 1.82) is 0 Å². The average Bonchev–Trinajstić information content (AvgIpc) is 2.60. The van der Waals surface area contributed by atoms with Crippen LogP contribution in [0.15, 0.2) is 24.3 Å². The zero-order valence-electron chi connectivity index (χ0n) is 14.3. The van der Waals surface area contributed by atoms with E-state index >= 15 is 0 Å². The normalized spacial score (nSPS) is 15.8. The molecule has 1 fully saturated rings. The highest BCUT2D eigenvalue weighted by Crippen LogP contribution is 2.21. The molecule has 24 heavy (non-hydrogen) atoms. The van der Waals surface area contributed by atoms with E-state index in [0.29, 0.717) is 18.5 Å². The minimum absolute atomic E-state index is 0.125. The van der Waals surface area contributed by atoms with Crippen LogP contribution in [0.1, 0.15) is 49.9 Å². The lowest BCUT2D eigenvalue weighted by Crippen LogP contribution is -2.45. The van der Waals surface area contributed by atoms with Crippen LogP contribution in [0.5, 0.6) is 0 Å². The molecule has 130 valence electrons. The second kappa shape index (κ2) is 8.47. The number of carbonyl (C=O) groups is 3. The number of benzene rings is 1. The van der Waals surface area contributed by atoms with Crippen LogP contribution in [-0.4, -0.2) is 36.9 Å². The van der Waals surface area contributed by atoms with Crippen LogP contribution in [0.4, 0.5) is 5.69 Å². The predicted molar refractivity (Wildman–Crippen MR) is 92.9 cm³/mol. The Bertz CT molecular complexity index is 598. The average molecular weight is 331 g/mol. The fourth-order valence-electron chi connectivity index (χ4n) is 2.62. The van der Waals surface area contributed by atoms with E-state index < -0.39 is 6.04 Å². The van der Waals surface area contributed by atoms with Crippen LogP contribution < -0.4 is 15.5 Å². The SMILES string of the molecule is CCCNC(=O)[C@H](C)NC(=O)c1ccc(N2CCCCC2=O)cc1. The van der Waals surface area contributed by atoms with Gasteiger partial charge < -0.3 is 15.5 Å². The summed E-state index contributed by atoms with van der Waals surface area (Å²) in [5.41, 5.74) is 1.28. The molecule has 0 radical (unpaired) electrons. The summed E-state index contributed by atoms with van der Waals surface area (Å²) in [6.07, 6.45) is 3.36. The summed E-state index contributed by atoms with van der Waals surface area (Å²) >= 11 is 0. The number of amides is 3. The van der Waals surface area contributed by atoms with Crippen molar-refractivity contribution in [2.45, 2.75) is 45.6 Å². The molecule has 1 aromatic carbocycles. The van der Waals surface area contributed by atoms with Gasteiger partial charge >= 0.3 is 0 Å². The monoisotopic (exact) mass is 331 g/mol. The number of carbonyl (C=O) groups excluding carboxylic acids is 3. The van der Waals surface area contributed by atoms with Crippen LogP contribution in [-0.2, 0) is 9.59 Å². The summed E-state index contributed by atoms with van der Waals surface area (Å²) in [5, 5.41) is 5.43. The number of rotatable bonds is 6. The molecule has 1 saturated heterocycles. The van der Waals surface area contributed by atoms with Crippen LogP contribution in [0.25, 0.3) is 0 Å². The molecular formula is C18H25N3O3. The van der Waals surface area contributed by atoms with Gasteiger partial charge in [0.1, 0.15) is 6.04 Å². The van der Waals surface area contributed by atoms with Gasteiger partial charge in [0.25, 0.3) is 5.91 Å². The third-order valence-corrected chi connectivity index (χ3v) is 4.05. The minimum atomic E-state index is -0.590. The zero-order chi connectivity index (χ0) is 17.5. The van der Waals surface area contributed by atoms with Gasteiger partial charge in [-0.15, -0.1) is 0 Å². The second-order valence-corrected chi connectivity index (χ2v) is 6.04. The van der Waals surface area contributed by atoms with Crippen LogP contribution in [0.3, 0.4) is 0 Å². The standard InChI is InChI=1S/C18H25N3O3/c1-3-11-19-17(23)13(2)20-18(24)14-7-9-15(10-8-14)21-12-5-4-6-16(21)22/h7-10,13H,3-6,11-12H2,1-2H3,(H,19,23)(H,20,24)/t13-/m0/s1. The number of hydrogen-bond donors (Lipinski definition) is 2. The Balaban J connectivity index is 1.95. The maximum absolute atomic E-state index is 12.2. The maximum atomic E-state index is 12.2. The number of piperidine rings is 1. The fourth-order valence-corrected chi connectivity index (χ4v) is 2.62. The molecule has 0 unspecified atom stereocenters. The van der Waals surface area contributed by atoms with Crippen molar-refractivity contribution in [3.8, 4) is 0 Å². The Morgan fingerprint density at radius 3 is 2.54 bits per heavy atom. The topological polar surface area (TPSA) is 78.5 Å². The summed E-state index contributed by atoms with van der Waals surface area (Å²) in [6.45, 7) is 4.94. The van der Waals surface area contributed by atoms with E-state index in [1.807, 2.05) is 6.92 Å². The molecular weight excluding hydrogens is 306 g/mol. The summed E-state index contributed by atoms with van der Waals surface area (Å²) in [4.78, 5) is 37.7. The van der Waals surface area contributed by atoms with Gasteiger partial charge in [-0.3, -0.25) is 14.4 Å². The summed E-state index contributed by atoms with van der Waals surface area (Å²) < 4.78 is 0. The van der Waals surface area contributed by atoms with Crippen molar-refractivity contribution in [2.24, 2.45) is 0 Å². The lowest BCUT2D eigenvalue weighted by molar-refractivity contribution is -0.122. The van der Waals surface area contributed by atoms with E-state index in [9.17, 15) is 14.4 Å². The minimum Gasteiger partial charge on any atom is -0.354 e. The van der Waals surface area contributed by atoms with Gasteiger partial charge in [0.05, 0.1) is 0 Å². The number of nitrogens with zero attached hydrogens (tertiary/aromatic N) is 1. The first-order valence-corrected chi connectivity index (χ1v) is 8.52. The van der Waals surface area contributed by atoms with Crippen LogP contribution >= 0.6 is 0 Å². The van der Waals surface area contributed by atoms with Gasteiger partial charge in [-0.1, -0.05) is 6.92 Å². The van der Waals surface area contributed by atoms with Crippen molar-refractivity contribution < 1.29 is 14.4 Å². The maximum Gasteiger partial charge on any atom is 0.251 e. The predicted octanol–water partition coefficient (Wildman–Crippen LogP) is 1.85. The summed E-state index contributed by atoms with van der Waals surface area (Å²) in [5.74, 6) is -0.369. The Morgan fingerprint density at radius 1 is 1.21 bits per heavy atom. The molecule has 3 amide bonds. The fraction of sp³-hybridized carbons (Fsp3) is 0.500. The van der Waals surface area contributed by atoms with Crippen molar-refractivity contribution in [2.75, 3.05) is 18.0 Å². The molecule has 0 aromatic heterocycles. The van der Waals surface area contributed by atoms with E-state index in [1.54, 1.807) is 36.1 Å². The molecule has 6 heteroatoms. The molecule has 2 N–H and O–H groups in total. The highest BCUT2D eigenvalue weighted by molar-refractivity contribution is 5.98. The van der Waals surface area contributed by atoms with Crippen molar-refractivity contribution in [1.82, 2.24) is 10.6 Å². The highest BCUT2D eigenvalue weighted by atomic mass is 16.2. The molecule has 1 aliphatic heterocycles. The molecule has 1 aliphatic rings. The van der Waals surface area contributed by atoms with Crippen molar-refractivity contribution >= 4 is 23.4 Å². The molecule has 1 aromatic rings. The van der Waals surface area contributed by atoms with E-state index in [2.05, 4.69) is 10.6 Å². The molecule has 0 saturated carbocycles. The van der Waals surface area contributed by atoms with Gasteiger partial charge in [0.2, 0.25) is 11.8 Å². The van der Waals surface area contributed by atoms with Crippen LogP contribution in [0.2, 0.25) is 0 Å². The second-order valence-electron chi connectivity index (χ2n) is 6.04. The molecule has 0 aliphatic carbocycles. The van der Waals surface area contributed by atoms with Gasteiger partial charge in [-0.25, -0.2) is 0 Å². The van der Waals surface area contributed by atoms with Gasteiger partial charge in [-0.2, -0.15) is 0 Å². The van der Waals surface area contributed by atoms with E-state index in [1.165, 1.54) is 0 Å². The van der Waals surface area contributed by atoms with Crippen LogP contribution in [0, 0.1) is 0 Å². The highest BCUT2D eigenvalue weighted by Gasteiger charge is 2.20. The largest absolute Gasteiger partial charge is 0.354 e. The first-order valence-electron chi connectivity index (χ1n) is 8.52. The third-order valence-electron chi connectivity index (χ3n) is 4.05. The number of hydrogen-bond acceptors (Lipinski definition) is 3.